The summed E-state index contributed by atoms with van der Waals surface area (Å²) in [5.41, 5.74) is 0.00401. The fourth-order valence-electron chi connectivity index (χ4n) is 2.71. The molecule has 146 valence electrons. The highest BCUT2D eigenvalue weighted by molar-refractivity contribution is 6.33. The van der Waals surface area contributed by atoms with Gasteiger partial charge in [-0.15, -0.1) is 0 Å². The van der Waals surface area contributed by atoms with E-state index < -0.39 is 17.6 Å². The number of fused-ring (bicyclic) bond motifs is 1. The molecule has 0 bridgehead atoms. The minimum atomic E-state index is -4.63. The predicted octanol–water partition coefficient (Wildman–Crippen LogP) is 4.53. The first-order valence-corrected chi connectivity index (χ1v) is 8.38. The summed E-state index contributed by atoms with van der Waals surface area (Å²) in [6.07, 6.45) is -3.85. The maximum atomic E-state index is 13.1. The third-order valence-corrected chi connectivity index (χ3v) is 4.11. The number of anilines is 2. The molecule has 0 aliphatic rings. The third kappa shape index (κ3) is 3.94. The predicted molar refractivity (Wildman–Crippen MR) is 98.6 cm³/mol. The van der Waals surface area contributed by atoms with Gasteiger partial charge in [0.15, 0.2) is 5.65 Å². The van der Waals surface area contributed by atoms with Gasteiger partial charge in [0.05, 0.1) is 16.3 Å². The molecule has 28 heavy (non-hydrogen) atoms. The monoisotopic (exact) mass is 410 g/mol. The lowest BCUT2D eigenvalue weighted by Crippen LogP contribution is -2.17. The molecule has 0 spiro atoms. The van der Waals surface area contributed by atoms with E-state index in [2.05, 4.69) is 15.6 Å². The molecule has 0 radical (unpaired) electrons. The van der Waals surface area contributed by atoms with Crippen LogP contribution in [0, 0.1) is 6.92 Å². The van der Waals surface area contributed by atoms with Crippen molar-refractivity contribution in [2.24, 2.45) is 0 Å². The van der Waals surface area contributed by atoms with Gasteiger partial charge in [0, 0.05) is 24.5 Å². The zero-order valence-corrected chi connectivity index (χ0v) is 15.4. The molecule has 6 nitrogen and oxygen atoms in total. The number of aromatic nitrogens is 2. The largest absolute Gasteiger partial charge is 0.417 e. The zero-order chi connectivity index (χ0) is 20.6. The van der Waals surface area contributed by atoms with Crippen molar-refractivity contribution in [3.05, 3.63) is 58.5 Å². The Morgan fingerprint density at radius 1 is 1.14 bits per heavy atom. The first kappa shape index (κ1) is 19.7. The molecule has 0 unspecified atom stereocenters. The van der Waals surface area contributed by atoms with Crippen LogP contribution in [-0.2, 0) is 11.0 Å². The highest BCUT2D eigenvalue weighted by Gasteiger charge is 2.33. The molecule has 10 heteroatoms. The van der Waals surface area contributed by atoms with Crippen LogP contribution in [-0.4, -0.2) is 21.2 Å². The second-order valence-electron chi connectivity index (χ2n) is 6.03. The number of rotatable bonds is 3. The van der Waals surface area contributed by atoms with E-state index in [0.717, 1.165) is 16.7 Å². The van der Waals surface area contributed by atoms with Gasteiger partial charge in [0.2, 0.25) is 5.91 Å². The molecule has 2 N–H and O–H groups in total. The molecule has 2 heterocycles. The molecular formula is C18H14ClF3N4O2. The van der Waals surface area contributed by atoms with Crippen molar-refractivity contribution in [1.29, 1.82) is 0 Å². The molecule has 3 aromatic rings. The number of imidazole rings is 1. The lowest BCUT2D eigenvalue weighted by molar-refractivity contribution is -0.137. The van der Waals surface area contributed by atoms with Gasteiger partial charge in [0.25, 0.3) is 5.91 Å². The van der Waals surface area contributed by atoms with Crippen LogP contribution in [0.1, 0.15) is 28.7 Å². The maximum Gasteiger partial charge on any atom is 0.417 e. The van der Waals surface area contributed by atoms with Crippen molar-refractivity contribution in [2.75, 3.05) is 10.6 Å². The Hall–Kier alpha value is -3.07. The summed E-state index contributed by atoms with van der Waals surface area (Å²) >= 11 is 5.93. The number of aryl methyl sites for hydroxylation is 1. The molecular weight excluding hydrogens is 397 g/mol. The second-order valence-corrected chi connectivity index (χ2v) is 6.44. The summed E-state index contributed by atoms with van der Waals surface area (Å²) in [4.78, 5) is 28.0. The van der Waals surface area contributed by atoms with E-state index in [1.807, 2.05) is 0 Å². The van der Waals surface area contributed by atoms with Crippen LogP contribution in [0.15, 0.2) is 36.5 Å². The van der Waals surface area contributed by atoms with Crippen molar-refractivity contribution in [1.82, 2.24) is 9.38 Å². The molecule has 0 fully saturated rings. The summed E-state index contributed by atoms with van der Waals surface area (Å²) in [6, 6.07) is 7.11. The Labute approximate surface area is 162 Å². The van der Waals surface area contributed by atoms with Crippen molar-refractivity contribution in [3.8, 4) is 0 Å². The first-order valence-electron chi connectivity index (χ1n) is 8.00. The lowest BCUT2D eigenvalue weighted by atomic mass is 10.2. The highest BCUT2D eigenvalue weighted by atomic mass is 35.5. The van der Waals surface area contributed by atoms with Gasteiger partial charge in [0.1, 0.15) is 5.69 Å². The Balaban J connectivity index is 2.01. The van der Waals surface area contributed by atoms with Crippen LogP contribution >= 0.6 is 11.6 Å². The fraction of sp³-hybridized carbons (Fsp3) is 0.167. The van der Waals surface area contributed by atoms with Crippen LogP contribution in [0.3, 0.4) is 0 Å². The topological polar surface area (TPSA) is 75.5 Å². The van der Waals surface area contributed by atoms with E-state index in [4.69, 9.17) is 11.6 Å². The summed E-state index contributed by atoms with van der Waals surface area (Å²) in [6.45, 7) is 2.84. The standard InChI is InChI=1S/C18H14ClF3N4O2/c1-9-15(17(28)25-13-5-3-4-12(7-13)24-10(2)27)26-8-11(18(20,21)22)6-14(19)16(26)23-9/h3-8H,1-2H3,(H,24,27)(H,25,28). The molecule has 0 saturated carbocycles. The molecule has 2 aromatic heterocycles. The smallest absolute Gasteiger partial charge is 0.326 e. The number of carbonyl (C=O) groups is 2. The van der Waals surface area contributed by atoms with Crippen molar-refractivity contribution in [3.63, 3.8) is 0 Å². The van der Waals surface area contributed by atoms with E-state index in [0.29, 0.717) is 11.4 Å². The number of pyridine rings is 1. The highest BCUT2D eigenvalue weighted by Crippen LogP contribution is 2.33. The van der Waals surface area contributed by atoms with E-state index in [9.17, 15) is 22.8 Å². The Bertz CT molecular complexity index is 1090. The first-order chi connectivity index (χ1) is 13.1. The number of nitrogens with one attached hydrogen (secondary N) is 2. The Morgan fingerprint density at radius 3 is 2.39 bits per heavy atom. The number of carbonyl (C=O) groups excluding carboxylic acids is 2. The lowest BCUT2D eigenvalue weighted by Gasteiger charge is -2.11. The minimum Gasteiger partial charge on any atom is -0.326 e. The zero-order valence-electron chi connectivity index (χ0n) is 14.7. The van der Waals surface area contributed by atoms with E-state index >= 15 is 0 Å². The van der Waals surface area contributed by atoms with Crippen molar-refractivity contribution in [2.45, 2.75) is 20.0 Å². The SMILES string of the molecule is CC(=O)Nc1cccc(NC(=O)c2c(C)nc3c(Cl)cc(C(F)(F)F)cn23)c1. The van der Waals surface area contributed by atoms with Crippen LogP contribution < -0.4 is 10.6 Å². The van der Waals surface area contributed by atoms with E-state index in [1.165, 1.54) is 19.9 Å². The van der Waals surface area contributed by atoms with Crippen LogP contribution in [0.5, 0.6) is 0 Å². The number of benzene rings is 1. The van der Waals surface area contributed by atoms with Crippen LogP contribution in [0.25, 0.3) is 5.65 Å². The Kier molecular flexibility index (Phi) is 5.03. The second kappa shape index (κ2) is 7.16. The summed E-state index contributed by atoms with van der Waals surface area (Å²) < 4.78 is 40.3. The quantitative estimate of drug-likeness (QED) is 0.666. The molecule has 0 saturated heterocycles. The normalized spacial score (nSPS) is 11.5. The molecule has 1 aromatic carbocycles. The van der Waals surface area contributed by atoms with Gasteiger partial charge in [-0.1, -0.05) is 17.7 Å². The summed E-state index contributed by atoms with van der Waals surface area (Å²) in [5, 5.41) is 4.95. The number of alkyl halides is 3. The molecule has 0 aliphatic heterocycles. The summed E-state index contributed by atoms with van der Waals surface area (Å²) in [7, 11) is 0. The molecule has 2 amide bonds. The third-order valence-electron chi connectivity index (χ3n) is 3.83. The number of hydrogen-bond donors (Lipinski definition) is 2. The van der Waals surface area contributed by atoms with Gasteiger partial charge >= 0.3 is 6.18 Å². The average molecular weight is 411 g/mol. The number of halogens is 4. The van der Waals surface area contributed by atoms with Gasteiger partial charge in [-0.05, 0) is 31.2 Å². The molecule has 0 aliphatic carbocycles. The molecule has 3 rings (SSSR count). The van der Waals surface area contributed by atoms with Crippen LogP contribution in [0.2, 0.25) is 5.02 Å². The minimum absolute atomic E-state index is 0.0457. The number of amides is 2. The fourth-order valence-corrected chi connectivity index (χ4v) is 2.97. The van der Waals surface area contributed by atoms with Crippen LogP contribution in [0.4, 0.5) is 24.5 Å². The molecule has 0 atom stereocenters. The van der Waals surface area contributed by atoms with Gasteiger partial charge < -0.3 is 10.6 Å². The average Bonchev–Trinajstić information content (AvgIpc) is 2.90. The number of nitrogens with zero attached hydrogens (tertiary/aromatic N) is 2. The van der Waals surface area contributed by atoms with Gasteiger partial charge in [-0.2, -0.15) is 13.2 Å². The van der Waals surface area contributed by atoms with Gasteiger partial charge in [-0.3, -0.25) is 14.0 Å². The number of hydrogen-bond acceptors (Lipinski definition) is 3. The maximum absolute atomic E-state index is 13.1. The summed E-state index contributed by atoms with van der Waals surface area (Å²) in [5.74, 6) is -0.948. The Morgan fingerprint density at radius 2 is 1.79 bits per heavy atom. The van der Waals surface area contributed by atoms with Gasteiger partial charge in [-0.25, -0.2) is 4.98 Å². The van der Waals surface area contributed by atoms with E-state index in [1.54, 1.807) is 18.2 Å². The van der Waals surface area contributed by atoms with Crippen molar-refractivity contribution >= 4 is 40.4 Å². The van der Waals surface area contributed by atoms with E-state index in [-0.39, 0.29) is 28.0 Å². The van der Waals surface area contributed by atoms with Crippen molar-refractivity contribution < 1.29 is 22.8 Å².